The first-order valence-electron chi connectivity index (χ1n) is 7.63. The van der Waals surface area contributed by atoms with Gasteiger partial charge < -0.3 is 10.3 Å². The zero-order chi connectivity index (χ0) is 17.8. The van der Waals surface area contributed by atoms with Crippen molar-refractivity contribution in [2.75, 3.05) is 11.1 Å². The third-order valence-electron chi connectivity index (χ3n) is 3.60. The fourth-order valence-electron chi connectivity index (χ4n) is 2.34. The van der Waals surface area contributed by atoms with Crippen LogP contribution < -0.4 is 5.32 Å². The molecule has 0 spiro atoms. The van der Waals surface area contributed by atoms with E-state index in [-0.39, 0.29) is 22.6 Å². The quantitative estimate of drug-likeness (QED) is 0.515. The number of thioether (sulfide) groups is 1. The summed E-state index contributed by atoms with van der Waals surface area (Å²) in [6.45, 7) is 1.98. The van der Waals surface area contributed by atoms with E-state index in [0.29, 0.717) is 5.69 Å². The summed E-state index contributed by atoms with van der Waals surface area (Å²) in [6, 6.07) is 13.6. The highest BCUT2D eigenvalue weighted by Crippen LogP contribution is 2.28. The second kappa shape index (κ2) is 7.35. The maximum absolute atomic E-state index is 12.1. The molecular formula is C17H16N4O3S. The van der Waals surface area contributed by atoms with Crippen LogP contribution in [-0.2, 0) is 4.79 Å². The Bertz CT molecular complexity index is 892. The number of fused-ring (bicyclic) bond motifs is 1. The van der Waals surface area contributed by atoms with Crippen LogP contribution in [0.15, 0.2) is 48.5 Å². The van der Waals surface area contributed by atoms with E-state index in [0.717, 1.165) is 16.9 Å². The van der Waals surface area contributed by atoms with Crippen LogP contribution in [0.2, 0.25) is 0 Å². The number of hydrogen-bond acceptors (Lipinski definition) is 5. The Balaban J connectivity index is 1.58. The summed E-state index contributed by atoms with van der Waals surface area (Å²) in [5.41, 5.74) is 2.22. The minimum absolute atomic E-state index is 0.0169. The number of non-ortho nitro benzene ring substituents is 1. The molecule has 0 aliphatic rings. The van der Waals surface area contributed by atoms with Gasteiger partial charge in [0.25, 0.3) is 5.69 Å². The lowest BCUT2D eigenvalue weighted by Gasteiger charge is -2.09. The monoisotopic (exact) mass is 356 g/mol. The van der Waals surface area contributed by atoms with Crippen LogP contribution in [0.1, 0.15) is 18.0 Å². The molecule has 0 bridgehead atoms. The van der Waals surface area contributed by atoms with Gasteiger partial charge in [-0.15, -0.1) is 11.8 Å². The molecular weight excluding hydrogens is 340 g/mol. The van der Waals surface area contributed by atoms with Crippen molar-refractivity contribution in [1.29, 1.82) is 0 Å². The molecule has 3 aromatic rings. The molecule has 1 atom stereocenters. The number of aromatic nitrogens is 2. The predicted molar refractivity (Wildman–Crippen MR) is 98.7 cm³/mol. The fourth-order valence-corrected chi connectivity index (χ4v) is 3.08. The molecule has 25 heavy (non-hydrogen) atoms. The first-order chi connectivity index (χ1) is 12.0. The largest absolute Gasteiger partial charge is 0.341 e. The van der Waals surface area contributed by atoms with Gasteiger partial charge in [0.1, 0.15) is 5.82 Å². The SMILES string of the molecule is C[C@@H](SCC(=O)Nc1cccc([N+](=O)[O-])c1)c1nc2ccccc2[nH]1. The smallest absolute Gasteiger partial charge is 0.271 e. The number of carbonyl (C=O) groups is 1. The van der Waals surface area contributed by atoms with Gasteiger partial charge in [0, 0.05) is 17.8 Å². The van der Waals surface area contributed by atoms with Gasteiger partial charge in [0.15, 0.2) is 0 Å². The number of anilines is 1. The first-order valence-corrected chi connectivity index (χ1v) is 8.68. The number of benzene rings is 2. The van der Waals surface area contributed by atoms with Gasteiger partial charge in [-0.25, -0.2) is 4.98 Å². The van der Waals surface area contributed by atoms with Crippen molar-refractivity contribution in [1.82, 2.24) is 9.97 Å². The topological polar surface area (TPSA) is 101 Å². The molecule has 1 aromatic heterocycles. The molecule has 1 amide bonds. The van der Waals surface area contributed by atoms with Crippen LogP contribution >= 0.6 is 11.8 Å². The molecule has 0 radical (unpaired) electrons. The van der Waals surface area contributed by atoms with E-state index in [4.69, 9.17) is 0 Å². The maximum atomic E-state index is 12.1. The van der Waals surface area contributed by atoms with Crippen LogP contribution in [-0.4, -0.2) is 26.6 Å². The zero-order valence-electron chi connectivity index (χ0n) is 13.4. The Kier molecular flexibility index (Phi) is 4.99. The highest BCUT2D eigenvalue weighted by Gasteiger charge is 2.14. The van der Waals surface area contributed by atoms with E-state index in [1.807, 2.05) is 31.2 Å². The molecule has 0 fully saturated rings. The lowest BCUT2D eigenvalue weighted by Crippen LogP contribution is -2.15. The van der Waals surface area contributed by atoms with Crippen LogP contribution in [0, 0.1) is 10.1 Å². The van der Waals surface area contributed by atoms with E-state index in [1.54, 1.807) is 6.07 Å². The van der Waals surface area contributed by atoms with Gasteiger partial charge >= 0.3 is 0 Å². The van der Waals surface area contributed by atoms with Crippen LogP contribution in [0.5, 0.6) is 0 Å². The number of aromatic amines is 1. The molecule has 128 valence electrons. The van der Waals surface area contributed by atoms with Gasteiger partial charge in [-0.3, -0.25) is 14.9 Å². The second-order valence-corrected chi connectivity index (χ2v) is 6.78. The molecule has 2 N–H and O–H groups in total. The molecule has 2 aromatic carbocycles. The van der Waals surface area contributed by atoms with Crippen molar-refractivity contribution < 1.29 is 9.72 Å². The summed E-state index contributed by atoms with van der Waals surface area (Å²) in [7, 11) is 0. The average molecular weight is 356 g/mol. The van der Waals surface area contributed by atoms with E-state index >= 15 is 0 Å². The molecule has 0 unspecified atom stereocenters. The number of amides is 1. The van der Waals surface area contributed by atoms with Crippen molar-refractivity contribution >= 4 is 40.1 Å². The van der Waals surface area contributed by atoms with Gasteiger partial charge in [-0.05, 0) is 25.1 Å². The second-order valence-electron chi connectivity index (χ2n) is 5.45. The van der Waals surface area contributed by atoms with Gasteiger partial charge in [0.2, 0.25) is 5.91 Å². The number of nitrogens with one attached hydrogen (secondary N) is 2. The number of imidazole rings is 1. The lowest BCUT2D eigenvalue weighted by molar-refractivity contribution is -0.384. The maximum Gasteiger partial charge on any atom is 0.271 e. The summed E-state index contributed by atoms with van der Waals surface area (Å²) >= 11 is 1.44. The van der Waals surface area contributed by atoms with Crippen molar-refractivity contribution in [3.05, 3.63) is 64.5 Å². The molecule has 3 rings (SSSR count). The lowest BCUT2D eigenvalue weighted by atomic mass is 10.3. The Hall–Kier alpha value is -2.87. The standard InChI is InChI=1S/C17H16N4O3S/c1-11(17-19-14-7-2-3-8-15(14)20-17)25-10-16(22)18-12-5-4-6-13(9-12)21(23)24/h2-9,11H,10H2,1H3,(H,18,22)(H,19,20)/t11-/m1/s1. The number of para-hydroxylation sites is 2. The summed E-state index contributed by atoms with van der Waals surface area (Å²) in [6.07, 6.45) is 0. The van der Waals surface area contributed by atoms with E-state index in [9.17, 15) is 14.9 Å². The number of nitro benzene ring substituents is 1. The summed E-state index contributed by atoms with van der Waals surface area (Å²) < 4.78 is 0. The Labute approximate surface area is 148 Å². The number of nitrogens with zero attached hydrogens (tertiary/aromatic N) is 2. The number of rotatable bonds is 6. The van der Waals surface area contributed by atoms with E-state index in [2.05, 4.69) is 15.3 Å². The van der Waals surface area contributed by atoms with Crippen molar-refractivity contribution in [2.45, 2.75) is 12.2 Å². The number of nitro groups is 1. The molecule has 8 heteroatoms. The molecule has 0 aliphatic heterocycles. The molecule has 7 nitrogen and oxygen atoms in total. The number of H-pyrrole nitrogens is 1. The normalized spacial score (nSPS) is 12.0. The Morgan fingerprint density at radius 2 is 2.12 bits per heavy atom. The number of carbonyl (C=O) groups excluding carboxylic acids is 1. The minimum Gasteiger partial charge on any atom is -0.341 e. The molecule has 0 saturated heterocycles. The van der Waals surface area contributed by atoms with Gasteiger partial charge in [-0.2, -0.15) is 0 Å². The highest BCUT2D eigenvalue weighted by molar-refractivity contribution is 8.00. The van der Waals surface area contributed by atoms with E-state index < -0.39 is 4.92 Å². The van der Waals surface area contributed by atoms with E-state index in [1.165, 1.54) is 30.0 Å². The number of hydrogen-bond donors (Lipinski definition) is 2. The highest BCUT2D eigenvalue weighted by atomic mass is 32.2. The van der Waals surface area contributed by atoms with Crippen LogP contribution in [0.25, 0.3) is 11.0 Å². The van der Waals surface area contributed by atoms with Gasteiger partial charge in [0.05, 0.1) is 27.0 Å². The third-order valence-corrected chi connectivity index (χ3v) is 4.75. The summed E-state index contributed by atoms with van der Waals surface area (Å²) in [4.78, 5) is 30.1. The molecule has 1 heterocycles. The van der Waals surface area contributed by atoms with Crippen molar-refractivity contribution in [3.63, 3.8) is 0 Å². The fraction of sp³-hybridized carbons (Fsp3) is 0.176. The third kappa shape index (κ3) is 4.16. The predicted octanol–water partition coefficient (Wildman–Crippen LogP) is 3.90. The first kappa shape index (κ1) is 17.0. The average Bonchev–Trinajstić information content (AvgIpc) is 3.04. The van der Waals surface area contributed by atoms with Crippen molar-refractivity contribution in [3.8, 4) is 0 Å². The summed E-state index contributed by atoms with van der Waals surface area (Å²) in [5, 5.41) is 13.5. The summed E-state index contributed by atoms with van der Waals surface area (Å²) in [5.74, 6) is 0.823. The molecule has 0 aliphatic carbocycles. The van der Waals surface area contributed by atoms with Gasteiger partial charge in [-0.1, -0.05) is 18.2 Å². The zero-order valence-corrected chi connectivity index (χ0v) is 14.2. The minimum atomic E-state index is -0.492. The van der Waals surface area contributed by atoms with Crippen LogP contribution in [0.3, 0.4) is 0 Å². The Morgan fingerprint density at radius 3 is 2.88 bits per heavy atom. The van der Waals surface area contributed by atoms with Crippen LogP contribution in [0.4, 0.5) is 11.4 Å². The molecule has 0 saturated carbocycles. The van der Waals surface area contributed by atoms with Crippen molar-refractivity contribution in [2.24, 2.45) is 0 Å². The Morgan fingerprint density at radius 1 is 1.32 bits per heavy atom.